The predicted octanol–water partition coefficient (Wildman–Crippen LogP) is 4.64. The van der Waals surface area contributed by atoms with Gasteiger partial charge in [0, 0.05) is 18.8 Å². The zero-order valence-corrected chi connectivity index (χ0v) is 19.0. The summed E-state index contributed by atoms with van der Waals surface area (Å²) in [4.78, 5) is 16.5. The number of hydrogen-bond donors (Lipinski definition) is 2. The van der Waals surface area contributed by atoms with Crippen LogP contribution in [0.25, 0.3) is 16.7 Å². The number of allylic oxidation sites excluding steroid dienone is 2. The van der Waals surface area contributed by atoms with Gasteiger partial charge in [0.2, 0.25) is 0 Å². The maximum absolute atomic E-state index is 6.74. The minimum Gasteiger partial charge on any atom is -0.323 e. The van der Waals surface area contributed by atoms with Gasteiger partial charge in [0.25, 0.3) is 0 Å². The third-order valence-electron chi connectivity index (χ3n) is 8.03. The Balaban J connectivity index is 1.18. The zero-order valence-electron chi connectivity index (χ0n) is 19.0. The molecule has 1 spiro atoms. The first-order valence-corrected chi connectivity index (χ1v) is 12.2. The molecule has 2 aliphatic carbocycles. The Hall–Kier alpha value is -3.58. The number of rotatable bonds is 2. The second-order valence-corrected chi connectivity index (χ2v) is 9.87. The van der Waals surface area contributed by atoms with Crippen LogP contribution < -0.4 is 10.6 Å². The largest absolute Gasteiger partial charge is 0.323 e. The Morgan fingerprint density at radius 3 is 2.91 bits per heavy atom. The predicted molar refractivity (Wildman–Crippen MR) is 133 cm³/mol. The number of H-pyrrole nitrogens is 1. The topological polar surface area (TPSA) is 96.6 Å². The standard InChI is InChI=1S/C27H27N7/c28-24-19-6-2-1-5-18(19)15-27(24)11-9-17(10-12-27)21-16-30-23-25(31-21)32-33-26(23)34-14-4-7-20-22(34)8-3-13-29-20/h1-3,5-6,8-9,13,16,24H,4,7,10-12,14-15,28H2,(H,31,32,33)/t24?,27-/m1/s1. The minimum atomic E-state index is 0.104. The Labute approximate surface area is 198 Å². The summed E-state index contributed by atoms with van der Waals surface area (Å²) < 4.78 is 0. The van der Waals surface area contributed by atoms with E-state index in [2.05, 4.69) is 56.5 Å². The van der Waals surface area contributed by atoms with Crippen molar-refractivity contribution in [2.45, 2.75) is 44.6 Å². The number of benzene rings is 1. The Morgan fingerprint density at radius 1 is 1.09 bits per heavy atom. The van der Waals surface area contributed by atoms with Crippen LogP contribution in [-0.4, -0.2) is 31.7 Å². The van der Waals surface area contributed by atoms with Crippen molar-refractivity contribution in [2.75, 3.05) is 11.4 Å². The number of nitrogens with zero attached hydrogens (tertiary/aromatic N) is 5. The molecule has 0 saturated carbocycles. The van der Waals surface area contributed by atoms with E-state index in [1.807, 2.05) is 18.5 Å². The number of anilines is 2. The van der Waals surface area contributed by atoms with Gasteiger partial charge in [0.05, 0.1) is 23.3 Å². The molecule has 0 saturated heterocycles. The first-order chi connectivity index (χ1) is 16.7. The highest BCUT2D eigenvalue weighted by molar-refractivity contribution is 5.87. The van der Waals surface area contributed by atoms with E-state index in [1.165, 1.54) is 16.7 Å². The lowest BCUT2D eigenvalue weighted by Gasteiger charge is -2.36. The average molecular weight is 450 g/mol. The quantitative estimate of drug-likeness (QED) is 0.463. The summed E-state index contributed by atoms with van der Waals surface area (Å²) in [6.45, 7) is 0.901. The molecule has 3 aliphatic rings. The van der Waals surface area contributed by atoms with Gasteiger partial charge in [-0.1, -0.05) is 30.3 Å². The van der Waals surface area contributed by atoms with Crippen LogP contribution in [0, 0.1) is 5.41 Å². The number of nitrogens with one attached hydrogen (secondary N) is 1. The summed E-state index contributed by atoms with van der Waals surface area (Å²) >= 11 is 0. The van der Waals surface area contributed by atoms with Crippen molar-refractivity contribution in [2.24, 2.45) is 11.1 Å². The second-order valence-electron chi connectivity index (χ2n) is 9.87. The van der Waals surface area contributed by atoms with Gasteiger partial charge in [-0.3, -0.25) is 10.1 Å². The van der Waals surface area contributed by atoms with Crippen molar-refractivity contribution < 1.29 is 0 Å². The smallest absolute Gasteiger partial charge is 0.183 e. The summed E-state index contributed by atoms with van der Waals surface area (Å²) in [6.07, 6.45) is 12.2. The molecule has 0 amide bonds. The molecule has 2 atom stereocenters. The lowest BCUT2D eigenvalue weighted by molar-refractivity contribution is 0.224. The Morgan fingerprint density at radius 2 is 2.03 bits per heavy atom. The van der Waals surface area contributed by atoms with Crippen molar-refractivity contribution in [3.8, 4) is 0 Å². The second kappa shape index (κ2) is 7.46. The molecule has 3 aromatic heterocycles. The van der Waals surface area contributed by atoms with Gasteiger partial charge in [-0.25, -0.2) is 9.97 Å². The van der Waals surface area contributed by atoms with Crippen LogP contribution in [0.2, 0.25) is 0 Å². The molecule has 0 fully saturated rings. The first-order valence-electron chi connectivity index (χ1n) is 12.2. The molecule has 7 heteroatoms. The van der Waals surface area contributed by atoms with Crippen LogP contribution >= 0.6 is 0 Å². The molecule has 1 unspecified atom stereocenters. The van der Waals surface area contributed by atoms with Gasteiger partial charge in [0.1, 0.15) is 0 Å². The molecule has 0 bridgehead atoms. The van der Waals surface area contributed by atoms with E-state index in [0.29, 0.717) is 0 Å². The zero-order chi connectivity index (χ0) is 22.7. The van der Waals surface area contributed by atoms with Crippen LogP contribution in [0.4, 0.5) is 11.5 Å². The molecule has 1 aromatic carbocycles. The van der Waals surface area contributed by atoms with Crippen molar-refractivity contribution in [3.63, 3.8) is 0 Å². The lowest BCUT2D eigenvalue weighted by Crippen LogP contribution is -2.33. The summed E-state index contributed by atoms with van der Waals surface area (Å²) in [5, 5.41) is 7.74. The van der Waals surface area contributed by atoms with Gasteiger partial charge in [-0.15, -0.1) is 0 Å². The van der Waals surface area contributed by atoms with Crippen molar-refractivity contribution in [3.05, 3.63) is 77.4 Å². The molecule has 7 rings (SSSR count). The number of hydrogen-bond acceptors (Lipinski definition) is 6. The Bertz CT molecular complexity index is 1440. The highest BCUT2D eigenvalue weighted by Gasteiger charge is 2.44. The number of aromatic nitrogens is 5. The number of aromatic amines is 1. The van der Waals surface area contributed by atoms with Gasteiger partial charge >= 0.3 is 0 Å². The lowest BCUT2D eigenvalue weighted by atomic mass is 9.70. The van der Waals surface area contributed by atoms with E-state index in [1.54, 1.807) is 0 Å². The molecule has 34 heavy (non-hydrogen) atoms. The highest BCUT2D eigenvalue weighted by atomic mass is 15.3. The van der Waals surface area contributed by atoms with Crippen molar-refractivity contribution in [1.29, 1.82) is 0 Å². The molecule has 4 heterocycles. The van der Waals surface area contributed by atoms with E-state index in [4.69, 9.17) is 15.7 Å². The SMILES string of the molecule is NC1c2ccccc2C[C@]12CC=C(c1cnc3c(N4CCCc5ncccc54)n[nH]c3n1)CC2. The van der Waals surface area contributed by atoms with E-state index >= 15 is 0 Å². The fourth-order valence-electron chi connectivity index (χ4n) is 6.15. The van der Waals surface area contributed by atoms with E-state index in [-0.39, 0.29) is 11.5 Å². The fraction of sp³-hybridized carbons (Fsp3) is 0.333. The maximum atomic E-state index is 6.74. The number of aryl methyl sites for hydroxylation is 1. The number of pyridine rings is 1. The minimum absolute atomic E-state index is 0.104. The molecule has 3 N–H and O–H groups in total. The Kier molecular flexibility index (Phi) is 4.36. The van der Waals surface area contributed by atoms with Gasteiger partial charge in [-0.05, 0) is 72.8 Å². The maximum Gasteiger partial charge on any atom is 0.183 e. The molecular formula is C27H27N7. The van der Waals surface area contributed by atoms with Crippen molar-refractivity contribution >= 4 is 28.2 Å². The summed E-state index contributed by atoms with van der Waals surface area (Å²) in [5.41, 5.74) is 15.6. The van der Waals surface area contributed by atoms with E-state index in [0.717, 1.165) is 79.1 Å². The molecule has 1 aliphatic heterocycles. The van der Waals surface area contributed by atoms with Crippen LogP contribution in [0.5, 0.6) is 0 Å². The molecule has 4 aromatic rings. The van der Waals surface area contributed by atoms with Gasteiger partial charge < -0.3 is 10.6 Å². The first kappa shape index (κ1) is 19.9. The highest BCUT2D eigenvalue weighted by Crippen LogP contribution is 2.53. The fourth-order valence-corrected chi connectivity index (χ4v) is 6.15. The van der Waals surface area contributed by atoms with E-state index in [9.17, 15) is 0 Å². The normalized spacial score (nSPS) is 23.7. The average Bonchev–Trinajstić information content (AvgIpc) is 3.43. The van der Waals surface area contributed by atoms with Crippen LogP contribution in [0.15, 0.2) is 54.9 Å². The summed E-state index contributed by atoms with van der Waals surface area (Å²) in [6, 6.07) is 12.8. The molecular weight excluding hydrogens is 422 g/mol. The third kappa shape index (κ3) is 2.93. The van der Waals surface area contributed by atoms with Crippen LogP contribution in [-0.2, 0) is 12.8 Å². The van der Waals surface area contributed by atoms with Crippen LogP contribution in [0.1, 0.15) is 54.2 Å². The summed E-state index contributed by atoms with van der Waals surface area (Å²) in [7, 11) is 0. The monoisotopic (exact) mass is 449 g/mol. The molecule has 7 nitrogen and oxygen atoms in total. The molecule has 170 valence electrons. The van der Waals surface area contributed by atoms with Crippen LogP contribution in [0.3, 0.4) is 0 Å². The number of nitrogens with two attached hydrogens (primary N) is 1. The van der Waals surface area contributed by atoms with Gasteiger partial charge in [0.15, 0.2) is 17.0 Å². The number of fused-ring (bicyclic) bond motifs is 3. The van der Waals surface area contributed by atoms with Gasteiger partial charge in [-0.2, -0.15) is 5.10 Å². The molecule has 0 radical (unpaired) electrons. The van der Waals surface area contributed by atoms with Crippen molar-refractivity contribution in [1.82, 2.24) is 25.1 Å². The third-order valence-corrected chi connectivity index (χ3v) is 8.03. The van der Waals surface area contributed by atoms with E-state index < -0.39 is 0 Å². The summed E-state index contributed by atoms with van der Waals surface area (Å²) in [5.74, 6) is 0.828.